The Hall–Kier alpha value is -4.35. The second-order valence-electron chi connectivity index (χ2n) is 4.89. The van der Waals surface area contributed by atoms with Gasteiger partial charge in [-0.1, -0.05) is 0 Å². The molecule has 12 N–H and O–H groups in total. The second-order valence-corrected chi connectivity index (χ2v) is 5.78. The number of hydrogen-bond acceptors (Lipinski definition) is 8. The molecule has 0 fully saturated rings. The zero-order chi connectivity index (χ0) is 23.9. The first-order valence-corrected chi connectivity index (χ1v) is 9.07. The van der Waals surface area contributed by atoms with Crippen LogP contribution in [0.15, 0.2) is 59.3 Å². The highest BCUT2D eigenvalue weighted by Crippen LogP contribution is 1.94. The van der Waals surface area contributed by atoms with E-state index in [9.17, 15) is 9.59 Å². The Morgan fingerprint density at radius 3 is 1.35 bits per heavy atom. The zero-order valence-electron chi connectivity index (χ0n) is 15.7. The van der Waals surface area contributed by atoms with Crippen LogP contribution >= 0.6 is 0 Å². The fraction of sp³-hybridized carbons (Fsp3) is 0. The van der Waals surface area contributed by atoms with Crippen molar-refractivity contribution < 1.29 is 27.1 Å². The molecule has 0 atom stereocenters. The molecule has 0 radical (unpaired) electrons. The SMILES string of the molecule is NC(N)=NNC(=O)c1cccnc1.NC(N)=NNC(=O)c1cccnc1.O=S(=O)(O)O. The number of guanidine groups is 2. The number of hydrazone groups is 2. The van der Waals surface area contributed by atoms with E-state index >= 15 is 0 Å². The van der Waals surface area contributed by atoms with Crippen LogP contribution in [0.25, 0.3) is 0 Å². The van der Waals surface area contributed by atoms with Crippen LogP contribution in [0.4, 0.5) is 0 Å². The largest absolute Gasteiger partial charge is 0.394 e. The molecule has 0 aliphatic heterocycles. The third-order valence-electron chi connectivity index (χ3n) is 2.42. The van der Waals surface area contributed by atoms with E-state index in [4.69, 9.17) is 40.5 Å². The average Bonchev–Trinajstić information content (AvgIpc) is 2.70. The molecular weight excluding hydrogens is 436 g/mol. The quantitative estimate of drug-likeness (QED) is 0.101. The molecule has 2 rings (SSSR count). The molecule has 0 aliphatic carbocycles. The molecule has 2 aromatic heterocycles. The number of nitrogens with zero attached hydrogens (tertiary/aromatic N) is 4. The molecule has 0 spiro atoms. The van der Waals surface area contributed by atoms with Gasteiger partial charge >= 0.3 is 10.4 Å². The molecule has 0 aromatic carbocycles. The van der Waals surface area contributed by atoms with E-state index in [1.165, 1.54) is 12.4 Å². The summed E-state index contributed by atoms with van der Waals surface area (Å²) in [5.41, 5.74) is 25.2. The lowest BCUT2D eigenvalue weighted by atomic mass is 10.3. The lowest BCUT2D eigenvalue weighted by molar-refractivity contribution is 0.0946. The van der Waals surface area contributed by atoms with Crippen LogP contribution in [0.1, 0.15) is 20.7 Å². The first-order valence-electron chi connectivity index (χ1n) is 7.68. The first-order chi connectivity index (χ1) is 14.4. The van der Waals surface area contributed by atoms with Gasteiger partial charge in [0.1, 0.15) is 0 Å². The normalized spacial score (nSPS) is 9.35. The van der Waals surface area contributed by atoms with Crippen molar-refractivity contribution in [3.63, 3.8) is 0 Å². The Balaban J connectivity index is 0.000000479. The van der Waals surface area contributed by atoms with Gasteiger partial charge in [-0.05, 0) is 24.3 Å². The molecule has 31 heavy (non-hydrogen) atoms. The summed E-state index contributed by atoms with van der Waals surface area (Å²) in [4.78, 5) is 29.9. The van der Waals surface area contributed by atoms with Crippen molar-refractivity contribution in [2.75, 3.05) is 0 Å². The van der Waals surface area contributed by atoms with Gasteiger partial charge in [0.05, 0.1) is 11.1 Å². The number of amides is 2. The maximum atomic E-state index is 11.2. The van der Waals surface area contributed by atoms with E-state index in [0.29, 0.717) is 11.1 Å². The van der Waals surface area contributed by atoms with Gasteiger partial charge in [0.25, 0.3) is 11.8 Å². The number of nitrogens with one attached hydrogen (secondary N) is 2. The number of pyridine rings is 2. The molecule has 16 nitrogen and oxygen atoms in total. The Bertz CT molecular complexity index is 915. The van der Waals surface area contributed by atoms with Crippen LogP contribution in [0.2, 0.25) is 0 Å². The standard InChI is InChI=1S/2C7H9N5O.H2O4S/c2*8-7(9)12-11-6(13)5-2-1-3-10-4-5;1-5(2,3)4/h2*1-4H,(H,11,13)(H4,8,9,12);(H2,1,2,3,4). The predicted molar refractivity (Wildman–Crippen MR) is 109 cm³/mol. The number of rotatable bonds is 4. The van der Waals surface area contributed by atoms with Gasteiger partial charge in [-0.3, -0.25) is 28.7 Å². The van der Waals surface area contributed by atoms with Crippen molar-refractivity contribution in [1.29, 1.82) is 0 Å². The van der Waals surface area contributed by atoms with Crippen molar-refractivity contribution in [3.05, 3.63) is 60.2 Å². The third kappa shape index (κ3) is 16.3. The molecule has 0 unspecified atom stereocenters. The summed E-state index contributed by atoms with van der Waals surface area (Å²) in [6, 6.07) is 6.49. The molecule has 0 saturated carbocycles. The van der Waals surface area contributed by atoms with Crippen LogP contribution in [0, 0.1) is 0 Å². The minimum Gasteiger partial charge on any atom is -0.369 e. The Kier molecular flexibility index (Phi) is 11.8. The fourth-order valence-electron chi connectivity index (χ4n) is 1.35. The monoisotopic (exact) mass is 456 g/mol. The summed E-state index contributed by atoms with van der Waals surface area (Å²) in [6.45, 7) is 0. The van der Waals surface area contributed by atoms with Crippen molar-refractivity contribution in [2.24, 2.45) is 33.1 Å². The Morgan fingerprint density at radius 2 is 1.13 bits per heavy atom. The van der Waals surface area contributed by atoms with Crippen LogP contribution in [0.5, 0.6) is 0 Å². The van der Waals surface area contributed by atoms with E-state index in [1.54, 1.807) is 36.7 Å². The van der Waals surface area contributed by atoms with Gasteiger partial charge in [0.15, 0.2) is 0 Å². The van der Waals surface area contributed by atoms with Crippen molar-refractivity contribution in [3.8, 4) is 0 Å². The number of hydrogen-bond donors (Lipinski definition) is 8. The van der Waals surface area contributed by atoms with E-state index in [1.807, 2.05) is 0 Å². The Labute approximate surface area is 176 Å². The average molecular weight is 456 g/mol. The van der Waals surface area contributed by atoms with Crippen LogP contribution in [-0.2, 0) is 10.4 Å². The molecule has 168 valence electrons. The van der Waals surface area contributed by atoms with Gasteiger partial charge < -0.3 is 22.9 Å². The minimum atomic E-state index is -4.67. The third-order valence-corrected chi connectivity index (χ3v) is 2.42. The first kappa shape index (κ1) is 26.6. The summed E-state index contributed by atoms with van der Waals surface area (Å²) in [5.74, 6) is -1.20. The smallest absolute Gasteiger partial charge is 0.369 e. The zero-order valence-corrected chi connectivity index (χ0v) is 16.5. The van der Waals surface area contributed by atoms with Crippen LogP contribution in [0.3, 0.4) is 0 Å². The number of nitrogens with two attached hydrogens (primary N) is 4. The number of aromatic nitrogens is 2. The molecule has 0 aliphatic rings. The maximum absolute atomic E-state index is 11.2. The van der Waals surface area contributed by atoms with Crippen molar-refractivity contribution in [1.82, 2.24) is 20.8 Å². The fourth-order valence-corrected chi connectivity index (χ4v) is 1.35. The van der Waals surface area contributed by atoms with Crippen LogP contribution in [-0.4, -0.2) is 51.2 Å². The molecule has 2 amide bonds. The van der Waals surface area contributed by atoms with E-state index in [0.717, 1.165) is 0 Å². The van der Waals surface area contributed by atoms with E-state index in [2.05, 4.69) is 31.0 Å². The predicted octanol–water partition coefficient (Wildman–Crippen LogP) is -2.65. The summed E-state index contributed by atoms with van der Waals surface area (Å²) in [7, 11) is -4.67. The summed E-state index contributed by atoms with van der Waals surface area (Å²) < 4.78 is 31.6. The number of carbonyl (C=O) groups is 2. The highest BCUT2D eigenvalue weighted by molar-refractivity contribution is 7.79. The Morgan fingerprint density at radius 1 is 0.806 bits per heavy atom. The maximum Gasteiger partial charge on any atom is 0.394 e. The minimum absolute atomic E-state index is 0.197. The molecule has 0 bridgehead atoms. The van der Waals surface area contributed by atoms with Crippen molar-refractivity contribution in [2.45, 2.75) is 0 Å². The van der Waals surface area contributed by atoms with Gasteiger partial charge in [-0.25, -0.2) is 10.9 Å². The molecule has 2 aromatic rings. The molecule has 0 saturated heterocycles. The molecular formula is C14H20N10O6S. The van der Waals surface area contributed by atoms with E-state index in [-0.39, 0.29) is 11.9 Å². The molecule has 2 heterocycles. The van der Waals surface area contributed by atoms with Gasteiger partial charge in [-0.2, -0.15) is 8.42 Å². The van der Waals surface area contributed by atoms with Crippen molar-refractivity contribution >= 4 is 34.1 Å². The van der Waals surface area contributed by atoms with Crippen LogP contribution < -0.4 is 33.8 Å². The summed E-state index contributed by atoms with van der Waals surface area (Å²) in [6.07, 6.45) is 5.96. The van der Waals surface area contributed by atoms with Gasteiger partial charge in [0.2, 0.25) is 11.9 Å². The summed E-state index contributed by atoms with van der Waals surface area (Å²) in [5, 5.41) is 6.69. The lowest BCUT2D eigenvalue weighted by Gasteiger charge is -1.97. The molecule has 17 heteroatoms. The topological polar surface area (TPSA) is 287 Å². The second kappa shape index (κ2) is 13.8. The van der Waals surface area contributed by atoms with Gasteiger partial charge in [-0.15, -0.1) is 10.2 Å². The lowest BCUT2D eigenvalue weighted by Crippen LogP contribution is -2.29. The highest BCUT2D eigenvalue weighted by atomic mass is 32.3. The summed E-state index contributed by atoms with van der Waals surface area (Å²) >= 11 is 0. The van der Waals surface area contributed by atoms with E-state index < -0.39 is 22.2 Å². The highest BCUT2D eigenvalue weighted by Gasteiger charge is 2.03. The number of carbonyl (C=O) groups excluding carboxylic acids is 2. The van der Waals surface area contributed by atoms with Gasteiger partial charge in [0, 0.05) is 24.8 Å².